The first-order valence-corrected chi connectivity index (χ1v) is 12.2. The minimum Gasteiger partial charge on any atom is -0.367 e. The van der Waals surface area contributed by atoms with Crippen LogP contribution in [0.2, 0.25) is 0 Å². The lowest BCUT2D eigenvalue weighted by Gasteiger charge is -2.20. The standard InChI is InChI=1S/C28H25F3N6O2/c1-17-14-37(16-34-17)23-12-21(28(29,30)31)11-22(13-23)35-26(38)20-4-3-19-6-8-36(25(19)10-20)15-18-5-7-33-24(9-18)27(39)32-2/h3-5,7,9-14,16H,6,8,15H2,1-2H3,(H,32,39)(H,35,38). The van der Waals surface area contributed by atoms with E-state index in [0.29, 0.717) is 23.5 Å². The topological polar surface area (TPSA) is 92.2 Å². The maximum atomic E-state index is 13.6. The highest BCUT2D eigenvalue weighted by molar-refractivity contribution is 6.05. The fraction of sp³-hybridized carbons (Fsp3) is 0.214. The number of pyridine rings is 1. The van der Waals surface area contributed by atoms with Crippen LogP contribution < -0.4 is 15.5 Å². The van der Waals surface area contributed by atoms with Gasteiger partial charge in [0, 0.05) is 55.2 Å². The van der Waals surface area contributed by atoms with Crippen LogP contribution in [0.25, 0.3) is 5.69 Å². The summed E-state index contributed by atoms with van der Waals surface area (Å²) in [4.78, 5) is 35.4. The molecule has 4 aromatic rings. The second-order valence-corrected chi connectivity index (χ2v) is 9.29. The van der Waals surface area contributed by atoms with Crippen molar-refractivity contribution in [2.24, 2.45) is 0 Å². The fourth-order valence-corrected chi connectivity index (χ4v) is 4.56. The van der Waals surface area contributed by atoms with E-state index in [2.05, 4.69) is 25.5 Å². The van der Waals surface area contributed by atoms with Gasteiger partial charge in [-0.15, -0.1) is 0 Å². The summed E-state index contributed by atoms with van der Waals surface area (Å²) in [6.45, 7) is 2.96. The van der Waals surface area contributed by atoms with Gasteiger partial charge in [-0.1, -0.05) is 6.07 Å². The molecule has 0 aliphatic carbocycles. The Hall–Kier alpha value is -4.67. The van der Waals surface area contributed by atoms with Crippen LogP contribution in [0.3, 0.4) is 0 Å². The average molecular weight is 535 g/mol. The van der Waals surface area contributed by atoms with E-state index in [-0.39, 0.29) is 17.3 Å². The largest absolute Gasteiger partial charge is 0.416 e. The SMILES string of the molecule is CNC(=O)c1cc(CN2CCc3ccc(C(=O)Nc4cc(-n5cnc(C)c5)cc(C(F)(F)F)c4)cc32)ccn1. The van der Waals surface area contributed by atoms with Crippen molar-refractivity contribution >= 4 is 23.2 Å². The average Bonchev–Trinajstić information content (AvgIpc) is 3.53. The maximum Gasteiger partial charge on any atom is 0.416 e. The van der Waals surface area contributed by atoms with Gasteiger partial charge in [0.25, 0.3) is 11.8 Å². The van der Waals surface area contributed by atoms with E-state index in [1.54, 1.807) is 44.6 Å². The van der Waals surface area contributed by atoms with Gasteiger partial charge in [-0.3, -0.25) is 14.6 Å². The van der Waals surface area contributed by atoms with Crippen LogP contribution in [0.15, 0.2) is 67.3 Å². The molecule has 0 saturated carbocycles. The molecule has 2 aromatic carbocycles. The first-order chi connectivity index (χ1) is 18.6. The number of carbonyl (C=O) groups excluding carboxylic acids is 2. The molecule has 0 radical (unpaired) electrons. The van der Waals surface area contributed by atoms with Gasteiger partial charge in [-0.2, -0.15) is 13.2 Å². The Labute approximate surface area is 222 Å². The van der Waals surface area contributed by atoms with E-state index in [1.807, 2.05) is 12.1 Å². The first kappa shape index (κ1) is 26.0. The van der Waals surface area contributed by atoms with Crippen molar-refractivity contribution in [3.05, 3.63) is 101 Å². The van der Waals surface area contributed by atoms with Gasteiger partial charge in [0.2, 0.25) is 0 Å². The predicted molar refractivity (Wildman–Crippen MR) is 140 cm³/mol. The quantitative estimate of drug-likeness (QED) is 0.372. The molecule has 0 saturated heterocycles. The molecule has 11 heteroatoms. The van der Waals surface area contributed by atoms with Crippen molar-refractivity contribution < 1.29 is 22.8 Å². The number of anilines is 2. The fourth-order valence-electron chi connectivity index (χ4n) is 4.56. The minimum absolute atomic E-state index is 0.0204. The van der Waals surface area contributed by atoms with Crippen molar-refractivity contribution in [1.29, 1.82) is 0 Å². The zero-order chi connectivity index (χ0) is 27.7. The summed E-state index contributed by atoms with van der Waals surface area (Å²) in [5.41, 5.74) is 3.46. The summed E-state index contributed by atoms with van der Waals surface area (Å²) < 4.78 is 42.3. The predicted octanol–water partition coefficient (Wildman–Crippen LogP) is 4.77. The Morgan fingerprint density at radius 1 is 1.03 bits per heavy atom. The van der Waals surface area contributed by atoms with Gasteiger partial charge < -0.3 is 20.1 Å². The number of benzene rings is 2. The smallest absolute Gasteiger partial charge is 0.367 e. The molecule has 2 amide bonds. The number of halogens is 3. The molecule has 1 aliphatic heterocycles. The lowest BCUT2D eigenvalue weighted by atomic mass is 10.1. The molecule has 2 aromatic heterocycles. The molecule has 0 spiro atoms. The van der Waals surface area contributed by atoms with E-state index < -0.39 is 17.6 Å². The molecule has 0 atom stereocenters. The highest BCUT2D eigenvalue weighted by atomic mass is 19.4. The van der Waals surface area contributed by atoms with Crippen LogP contribution in [-0.4, -0.2) is 39.9 Å². The molecule has 39 heavy (non-hydrogen) atoms. The van der Waals surface area contributed by atoms with Gasteiger partial charge in [0.1, 0.15) is 5.69 Å². The van der Waals surface area contributed by atoms with Crippen molar-refractivity contribution in [1.82, 2.24) is 19.9 Å². The third kappa shape index (κ3) is 5.62. The molecule has 0 unspecified atom stereocenters. The second kappa shape index (κ2) is 10.2. The van der Waals surface area contributed by atoms with Crippen LogP contribution in [0.4, 0.5) is 24.5 Å². The van der Waals surface area contributed by atoms with Gasteiger partial charge in [0.15, 0.2) is 0 Å². The zero-order valence-electron chi connectivity index (χ0n) is 21.2. The normalized spacial score (nSPS) is 12.8. The lowest BCUT2D eigenvalue weighted by Crippen LogP contribution is -2.22. The van der Waals surface area contributed by atoms with Crippen LogP contribution >= 0.6 is 0 Å². The number of hydrogen-bond acceptors (Lipinski definition) is 5. The molecule has 0 bridgehead atoms. The summed E-state index contributed by atoms with van der Waals surface area (Å²) in [6, 6.07) is 12.2. The molecule has 3 heterocycles. The van der Waals surface area contributed by atoms with Crippen molar-refractivity contribution in [2.45, 2.75) is 26.1 Å². The second-order valence-electron chi connectivity index (χ2n) is 9.29. The Kier molecular flexibility index (Phi) is 6.81. The number of aromatic nitrogens is 3. The summed E-state index contributed by atoms with van der Waals surface area (Å²) in [6.07, 6.45) is 0.799. The van der Waals surface area contributed by atoms with Gasteiger partial charge >= 0.3 is 6.18 Å². The van der Waals surface area contributed by atoms with E-state index >= 15 is 0 Å². The van der Waals surface area contributed by atoms with E-state index in [4.69, 9.17) is 0 Å². The number of rotatable bonds is 6. The Balaban J connectivity index is 1.39. The minimum atomic E-state index is -4.59. The Morgan fingerprint density at radius 3 is 2.56 bits per heavy atom. The van der Waals surface area contributed by atoms with Crippen LogP contribution in [-0.2, 0) is 19.1 Å². The van der Waals surface area contributed by atoms with Gasteiger partial charge in [-0.05, 0) is 66.9 Å². The number of imidazole rings is 1. The number of nitrogens with zero attached hydrogens (tertiary/aromatic N) is 4. The molecule has 5 rings (SSSR count). The number of fused-ring (bicyclic) bond motifs is 1. The molecule has 2 N–H and O–H groups in total. The molecular weight excluding hydrogens is 509 g/mol. The highest BCUT2D eigenvalue weighted by Crippen LogP contribution is 2.34. The number of aryl methyl sites for hydroxylation is 1. The van der Waals surface area contributed by atoms with Crippen LogP contribution in [0, 0.1) is 6.92 Å². The Morgan fingerprint density at radius 2 is 1.85 bits per heavy atom. The first-order valence-electron chi connectivity index (χ1n) is 12.2. The lowest BCUT2D eigenvalue weighted by molar-refractivity contribution is -0.137. The highest BCUT2D eigenvalue weighted by Gasteiger charge is 2.32. The molecule has 0 fully saturated rings. The Bertz CT molecular complexity index is 1560. The van der Waals surface area contributed by atoms with Crippen molar-refractivity contribution in [3.8, 4) is 5.69 Å². The number of nitrogens with one attached hydrogen (secondary N) is 2. The van der Waals surface area contributed by atoms with E-state index in [1.165, 1.54) is 17.0 Å². The number of amides is 2. The maximum absolute atomic E-state index is 13.6. The van der Waals surface area contributed by atoms with Crippen LogP contribution in [0.1, 0.15) is 43.2 Å². The third-order valence-electron chi connectivity index (χ3n) is 6.51. The number of alkyl halides is 3. The van der Waals surface area contributed by atoms with Gasteiger partial charge in [0.05, 0.1) is 17.6 Å². The summed E-state index contributed by atoms with van der Waals surface area (Å²) in [5, 5.41) is 5.18. The monoisotopic (exact) mass is 534 g/mol. The summed E-state index contributed by atoms with van der Waals surface area (Å²) >= 11 is 0. The molecule has 8 nitrogen and oxygen atoms in total. The zero-order valence-corrected chi connectivity index (χ0v) is 21.2. The molecular formula is C28H25F3N6O2. The summed E-state index contributed by atoms with van der Waals surface area (Å²) in [5.74, 6) is -0.805. The van der Waals surface area contributed by atoms with E-state index in [0.717, 1.165) is 41.9 Å². The van der Waals surface area contributed by atoms with Crippen molar-refractivity contribution in [2.75, 3.05) is 23.8 Å². The molecule has 1 aliphatic rings. The van der Waals surface area contributed by atoms with Crippen molar-refractivity contribution in [3.63, 3.8) is 0 Å². The molecule has 200 valence electrons. The van der Waals surface area contributed by atoms with Crippen LogP contribution in [0.5, 0.6) is 0 Å². The third-order valence-corrected chi connectivity index (χ3v) is 6.51. The summed E-state index contributed by atoms with van der Waals surface area (Å²) in [7, 11) is 1.54. The number of hydrogen-bond donors (Lipinski definition) is 2. The number of carbonyl (C=O) groups is 2. The van der Waals surface area contributed by atoms with E-state index in [9.17, 15) is 22.8 Å². The van der Waals surface area contributed by atoms with Gasteiger partial charge in [-0.25, -0.2) is 4.98 Å².